The van der Waals surface area contributed by atoms with Crippen LogP contribution in [0.2, 0.25) is 0 Å². The lowest BCUT2D eigenvalue weighted by molar-refractivity contribution is 0.767. The zero-order valence-corrected chi connectivity index (χ0v) is 37.2. The first-order valence-electron chi connectivity index (χ1n) is 22.9. The van der Waals surface area contributed by atoms with Crippen LogP contribution in [0.3, 0.4) is 0 Å². The molecule has 0 N–H and O–H groups in total. The number of para-hydroxylation sites is 2. The summed E-state index contributed by atoms with van der Waals surface area (Å²) >= 11 is 0. The highest BCUT2D eigenvalue weighted by Gasteiger charge is 2.46. The van der Waals surface area contributed by atoms with E-state index in [1.807, 2.05) is 24.5 Å². The van der Waals surface area contributed by atoms with E-state index in [9.17, 15) is 0 Å². The number of hydrogen-bond donors (Lipinski definition) is 0. The van der Waals surface area contributed by atoms with Gasteiger partial charge in [-0.25, -0.2) is 0 Å². The lowest BCUT2D eigenvalue weighted by Crippen LogP contribution is -2.29. The molecule has 0 aliphatic heterocycles. The molecular formula is C63H46N4. The number of benzene rings is 8. The Morgan fingerprint density at radius 1 is 0.567 bits per heavy atom. The number of hydrogen-bond acceptors (Lipinski definition) is 2. The highest BCUT2D eigenvalue weighted by atomic mass is 15.1. The van der Waals surface area contributed by atoms with E-state index >= 15 is 0 Å². The number of pyridine rings is 1. The van der Waals surface area contributed by atoms with Crippen molar-refractivity contribution in [2.24, 2.45) is 0 Å². The second-order valence-corrected chi connectivity index (χ2v) is 17.2. The molecule has 3 aromatic heterocycles. The van der Waals surface area contributed by atoms with Crippen molar-refractivity contribution >= 4 is 49.8 Å². The topological polar surface area (TPSA) is 26.0 Å². The first kappa shape index (κ1) is 39.8. The molecule has 1 aliphatic rings. The first-order valence-corrected chi connectivity index (χ1v) is 22.9. The fourth-order valence-corrected chi connectivity index (χ4v) is 10.7. The van der Waals surface area contributed by atoms with E-state index in [0.717, 1.165) is 50.7 Å². The van der Waals surface area contributed by atoms with Crippen molar-refractivity contribution < 1.29 is 0 Å². The van der Waals surface area contributed by atoms with Gasteiger partial charge in [0.05, 0.1) is 22.0 Å². The summed E-state index contributed by atoms with van der Waals surface area (Å²) in [6.45, 7) is 6.52. The quantitative estimate of drug-likeness (QED) is 0.128. The van der Waals surface area contributed by atoms with Crippen molar-refractivity contribution in [3.05, 3.63) is 278 Å². The van der Waals surface area contributed by atoms with Crippen LogP contribution in [-0.4, -0.2) is 14.1 Å². The molecule has 318 valence electrons. The van der Waals surface area contributed by atoms with Crippen LogP contribution >= 0.6 is 0 Å². The Labute approximate surface area is 391 Å². The van der Waals surface area contributed by atoms with Crippen LogP contribution in [0.25, 0.3) is 66.3 Å². The molecule has 0 amide bonds. The minimum Gasteiger partial charge on any atom is -0.315 e. The van der Waals surface area contributed by atoms with Gasteiger partial charge in [-0.2, -0.15) is 0 Å². The van der Waals surface area contributed by atoms with E-state index in [2.05, 4.69) is 257 Å². The van der Waals surface area contributed by atoms with Crippen LogP contribution in [0.4, 0.5) is 17.1 Å². The van der Waals surface area contributed by atoms with Crippen molar-refractivity contribution in [2.75, 3.05) is 4.90 Å². The second-order valence-electron chi connectivity index (χ2n) is 17.2. The molecule has 11 aromatic rings. The van der Waals surface area contributed by atoms with Gasteiger partial charge in [-0.1, -0.05) is 158 Å². The van der Waals surface area contributed by atoms with Gasteiger partial charge >= 0.3 is 0 Å². The minimum atomic E-state index is -0.619. The summed E-state index contributed by atoms with van der Waals surface area (Å²) in [4.78, 5) is 6.85. The van der Waals surface area contributed by atoms with Crippen molar-refractivity contribution in [3.63, 3.8) is 0 Å². The van der Waals surface area contributed by atoms with Gasteiger partial charge in [-0.3, -0.25) is 4.98 Å². The Kier molecular flexibility index (Phi) is 9.73. The molecular weight excluding hydrogens is 813 g/mol. The van der Waals surface area contributed by atoms with Gasteiger partial charge in [-0.15, -0.1) is 0 Å². The van der Waals surface area contributed by atoms with E-state index in [1.165, 1.54) is 55.0 Å². The zero-order valence-electron chi connectivity index (χ0n) is 37.2. The van der Waals surface area contributed by atoms with Gasteiger partial charge in [0.2, 0.25) is 0 Å². The molecule has 4 nitrogen and oxygen atoms in total. The monoisotopic (exact) mass is 858 g/mol. The molecule has 1 atom stereocenters. The molecule has 67 heavy (non-hydrogen) atoms. The summed E-state index contributed by atoms with van der Waals surface area (Å²) in [7, 11) is 0. The lowest BCUT2D eigenvalue weighted by atomic mass is 9.67. The minimum absolute atomic E-state index is 0.619. The maximum absolute atomic E-state index is 4.46. The Morgan fingerprint density at radius 2 is 1.25 bits per heavy atom. The molecule has 1 aliphatic carbocycles. The number of aromatic nitrogens is 3. The maximum atomic E-state index is 4.46. The normalized spacial score (nSPS) is 14.5. The molecule has 3 heterocycles. The fourth-order valence-electron chi connectivity index (χ4n) is 10.7. The zero-order chi connectivity index (χ0) is 44.9. The Balaban J connectivity index is 1.13. The molecule has 0 spiro atoms. The number of nitrogens with zero attached hydrogens (tertiary/aromatic N) is 4. The molecule has 4 heteroatoms. The lowest BCUT2D eigenvalue weighted by Gasteiger charge is -2.35. The summed E-state index contributed by atoms with van der Waals surface area (Å²) in [5, 5.41) is 3.55. The summed E-state index contributed by atoms with van der Waals surface area (Å²) in [5.74, 6) is 0. The molecule has 0 saturated carbocycles. The molecule has 0 fully saturated rings. The summed E-state index contributed by atoms with van der Waals surface area (Å²) in [6.07, 6.45) is 14.4. The van der Waals surface area contributed by atoms with Gasteiger partial charge < -0.3 is 14.0 Å². The predicted octanol–water partition coefficient (Wildman–Crippen LogP) is 16.3. The average molecular weight is 859 g/mol. The summed E-state index contributed by atoms with van der Waals surface area (Å²) in [6, 6.07) is 75.1. The summed E-state index contributed by atoms with van der Waals surface area (Å²) in [5.41, 5.74) is 17.7. The smallest absolute Gasteiger partial charge is 0.0788 e. The molecule has 0 radical (unpaired) electrons. The van der Waals surface area contributed by atoms with Gasteiger partial charge in [0, 0.05) is 63.2 Å². The Hall–Kier alpha value is -8.73. The number of fused-ring (bicyclic) bond motifs is 8. The number of allylic oxidation sites excluding steroid dienone is 5. The van der Waals surface area contributed by atoms with Gasteiger partial charge in [-0.05, 0) is 130 Å². The van der Waals surface area contributed by atoms with Gasteiger partial charge in [0.15, 0.2) is 0 Å². The number of rotatable bonds is 10. The third-order valence-corrected chi connectivity index (χ3v) is 13.6. The standard InChI is InChI=1S/C63H46N4/c1-3-5-19-47(4-2)63(48-20-9-6-10-21-48)58-27-16-15-26-54(58)55-36-33-53(42-59(55)63)66(51-31-28-44(29-32-51)46-18-17-39-64-43-46)52-34-37-60-57(41-52)56-35-30-45-38-40-65(49-22-11-7-12-23-49)61(45)62(56)67(60)50-24-13-8-14-25-50/h3-43H,2H2,1H3/b5-3-,47-19+. The van der Waals surface area contributed by atoms with Crippen LogP contribution < -0.4 is 4.90 Å². The first-order chi connectivity index (χ1) is 33.2. The van der Waals surface area contributed by atoms with Crippen molar-refractivity contribution in [1.29, 1.82) is 0 Å². The Morgan fingerprint density at radius 3 is 2.00 bits per heavy atom. The summed E-state index contributed by atoms with van der Waals surface area (Å²) < 4.78 is 4.77. The van der Waals surface area contributed by atoms with E-state index in [4.69, 9.17) is 0 Å². The third-order valence-electron chi connectivity index (χ3n) is 13.6. The predicted molar refractivity (Wildman–Crippen MR) is 280 cm³/mol. The number of anilines is 3. The van der Waals surface area contributed by atoms with E-state index in [1.54, 1.807) is 0 Å². The molecule has 1 unspecified atom stereocenters. The molecule has 0 saturated heterocycles. The van der Waals surface area contributed by atoms with Gasteiger partial charge in [0.1, 0.15) is 0 Å². The van der Waals surface area contributed by atoms with Crippen molar-refractivity contribution in [2.45, 2.75) is 12.3 Å². The SMILES string of the molecule is C=C/C(=C\C=C/C)C1(c2ccccc2)c2ccccc2-c2ccc(N(c3ccc(-c4cccnc4)cc3)c3ccc4c(c3)c3ccc5ccn(-c6ccccc6)c5c3n4-c3ccccc3)cc21. The van der Waals surface area contributed by atoms with E-state index in [-0.39, 0.29) is 0 Å². The van der Waals surface area contributed by atoms with Crippen molar-refractivity contribution in [1.82, 2.24) is 14.1 Å². The Bertz CT molecular complexity index is 3690. The third kappa shape index (κ3) is 6.33. The largest absolute Gasteiger partial charge is 0.315 e. The second kappa shape index (κ2) is 16.4. The van der Waals surface area contributed by atoms with Crippen LogP contribution in [0.5, 0.6) is 0 Å². The van der Waals surface area contributed by atoms with E-state index < -0.39 is 5.41 Å². The van der Waals surface area contributed by atoms with Crippen LogP contribution in [0, 0.1) is 0 Å². The van der Waals surface area contributed by atoms with Crippen molar-refractivity contribution in [3.8, 4) is 33.6 Å². The van der Waals surface area contributed by atoms with Crippen LogP contribution in [0.15, 0.2) is 261 Å². The maximum Gasteiger partial charge on any atom is 0.0788 e. The van der Waals surface area contributed by atoms with Crippen LogP contribution in [0.1, 0.15) is 23.6 Å². The fraction of sp³-hybridized carbons (Fsp3) is 0.0317. The molecule has 12 rings (SSSR count). The highest BCUT2D eigenvalue weighted by Crippen LogP contribution is 2.58. The molecule has 0 bridgehead atoms. The molecule has 8 aromatic carbocycles. The van der Waals surface area contributed by atoms with E-state index in [0.29, 0.717) is 0 Å². The average Bonchev–Trinajstić information content (AvgIpc) is 4.07. The van der Waals surface area contributed by atoms with Gasteiger partial charge in [0.25, 0.3) is 0 Å². The van der Waals surface area contributed by atoms with Crippen LogP contribution in [-0.2, 0) is 5.41 Å². The highest BCUT2D eigenvalue weighted by molar-refractivity contribution is 6.19.